The second-order valence-electron chi connectivity index (χ2n) is 7.40. The Labute approximate surface area is 207 Å². The van der Waals surface area contributed by atoms with Crippen molar-refractivity contribution < 1.29 is 38.5 Å². The fraction of sp³-hybridized carbons (Fsp3) is 0.185. The summed E-state index contributed by atoms with van der Waals surface area (Å²) in [4.78, 5) is 43.1. The lowest BCUT2D eigenvalue weighted by Gasteiger charge is -2.29. The fourth-order valence-electron chi connectivity index (χ4n) is 3.18. The summed E-state index contributed by atoms with van der Waals surface area (Å²) in [5, 5.41) is 13.8. The second-order valence-corrected chi connectivity index (χ2v) is 7.40. The molecular formula is C27H25NO8. The minimum atomic E-state index is -1.47. The molecule has 0 aliphatic heterocycles. The van der Waals surface area contributed by atoms with Crippen LogP contribution in [0.25, 0.3) is 0 Å². The molecule has 0 heterocycles. The van der Waals surface area contributed by atoms with Crippen molar-refractivity contribution in [3.8, 4) is 0 Å². The highest BCUT2D eigenvalue weighted by molar-refractivity contribution is 5.92. The van der Waals surface area contributed by atoms with Gasteiger partial charge in [0, 0.05) is 0 Å². The number of carbonyl (C=O) groups is 3. The first-order valence-corrected chi connectivity index (χ1v) is 11.0. The molecule has 0 aromatic heterocycles. The zero-order valence-corrected chi connectivity index (χ0v) is 19.4. The highest BCUT2D eigenvalue weighted by atomic mass is 16.6. The van der Waals surface area contributed by atoms with Crippen LogP contribution in [0.5, 0.6) is 0 Å². The van der Waals surface area contributed by atoms with Crippen LogP contribution in [0.2, 0.25) is 0 Å². The number of carbonyl (C=O) groups excluding carboxylic acids is 3. The Morgan fingerprint density at radius 3 is 1.56 bits per heavy atom. The van der Waals surface area contributed by atoms with E-state index in [1.54, 1.807) is 54.6 Å². The van der Waals surface area contributed by atoms with Crippen molar-refractivity contribution in [2.24, 2.45) is 5.16 Å². The highest BCUT2D eigenvalue weighted by Gasteiger charge is 2.38. The first-order valence-electron chi connectivity index (χ1n) is 11.0. The number of aliphatic hydroxyl groups is 1. The number of esters is 3. The molecule has 1 N–H and O–H groups in total. The van der Waals surface area contributed by atoms with E-state index in [0.717, 1.165) is 6.21 Å². The maximum atomic E-state index is 12.9. The van der Waals surface area contributed by atoms with Gasteiger partial charge in [-0.3, -0.25) is 0 Å². The van der Waals surface area contributed by atoms with Crippen LogP contribution in [0.1, 0.15) is 31.1 Å². The van der Waals surface area contributed by atoms with E-state index < -0.39 is 42.8 Å². The lowest BCUT2D eigenvalue weighted by Crippen LogP contribution is -2.48. The van der Waals surface area contributed by atoms with Crippen molar-refractivity contribution in [3.05, 3.63) is 108 Å². The van der Waals surface area contributed by atoms with Crippen molar-refractivity contribution in [3.63, 3.8) is 0 Å². The molecule has 9 heteroatoms. The fourth-order valence-corrected chi connectivity index (χ4v) is 3.18. The maximum absolute atomic E-state index is 12.9. The van der Waals surface area contributed by atoms with Gasteiger partial charge in [-0.15, -0.1) is 0 Å². The Morgan fingerprint density at radius 2 is 1.14 bits per heavy atom. The zero-order valence-electron chi connectivity index (χ0n) is 19.4. The lowest BCUT2D eigenvalue weighted by molar-refractivity contribution is -0.0835. The van der Waals surface area contributed by atoms with Gasteiger partial charge in [0.2, 0.25) is 0 Å². The number of hydrogen-bond donors (Lipinski definition) is 1. The summed E-state index contributed by atoms with van der Waals surface area (Å²) < 4.78 is 16.7. The van der Waals surface area contributed by atoms with Gasteiger partial charge in [0.1, 0.15) is 7.11 Å². The number of benzene rings is 3. The molecular weight excluding hydrogens is 466 g/mol. The van der Waals surface area contributed by atoms with Crippen LogP contribution in [0.4, 0.5) is 0 Å². The molecule has 3 aromatic rings. The van der Waals surface area contributed by atoms with E-state index in [2.05, 4.69) is 5.16 Å². The van der Waals surface area contributed by atoms with Gasteiger partial charge in [-0.1, -0.05) is 59.8 Å². The lowest BCUT2D eigenvalue weighted by atomic mass is 10.1. The quantitative estimate of drug-likeness (QED) is 0.188. The van der Waals surface area contributed by atoms with Crippen LogP contribution in [0, 0.1) is 0 Å². The standard InChI is InChI=1S/C27H25NO8/c1-33-28-17-22(34-25(30)19-11-5-2-6-12-19)24(36-27(32)21-15-9-4-10-16-21)23(18-29)35-26(31)20-13-7-3-8-14-20/h2-17,22-24,29H,18H2,1H3/b28-17+/t22-,23+,24+/m0/s1. The van der Waals surface area contributed by atoms with Gasteiger partial charge in [0.15, 0.2) is 18.3 Å². The molecule has 3 rings (SSSR count). The van der Waals surface area contributed by atoms with Crippen LogP contribution in [-0.2, 0) is 19.0 Å². The van der Waals surface area contributed by atoms with E-state index in [1.807, 2.05) is 0 Å². The molecule has 0 unspecified atom stereocenters. The highest BCUT2D eigenvalue weighted by Crippen LogP contribution is 2.18. The minimum Gasteiger partial charge on any atom is -0.452 e. The number of aliphatic hydroxyl groups excluding tert-OH is 1. The third kappa shape index (κ3) is 7.25. The van der Waals surface area contributed by atoms with Crippen LogP contribution in [-0.4, -0.2) is 61.3 Å². The van der Waals surface area contributed by atoms with Crippen molar-refractivity contribution in [2.45, 2.75) is 18.3 Å². The van der Waals surface area contributed by atoms with Gasteiger partial charge in [-0.2, -0.15) is 0 Å². The van der Waals surface area contributed by atoms with Gasteiger partial charge < -0.3 is 24.2 Å². The minimum absolute atomic E-state index is 0.199. The van der Waals surface area contributed by atoms with Crippen LogP contribution >= 0.6 is 0 Å². The maximum Gasteiger partial charge on any atom is 0.338 e. The molecule has 0 amide bonds. The summed E-state index contributed by atoms with van der Waals surface area (Å²) in [6, 6.07) is 24.3. The summed E-state index contributed by atoms with van der Waals surface area (Å²) in [6.45, 7) is -0.745. The third-order valence-corrected chi connectivity index (χ3v) is 4.96. The molecule has 0 aliphatic rings. The van der Waals surface area contributed by atoms with Crippen LogP contribution in [0.15, 0.2) is 96.2 Å². The number of ether oxygens (including phenoxy) is 3. The first-order chi connectivity index (χ1) is 17.5. The summed E-state index contributed by atoms with van der Waals surface area (Å²) in [6.07, 6.45) is -3.18. The van der Waals surface area contributed by atoms with E-state index >= 15 is 0 Å². The number of hydrogen-bond acceptors (Lipinski definition) is 9. The van der Waals surface area contributed by atoms with Gasteiger partial charge in [-0.05, 0) is 36.4 Å². The first kappa shape index (κ1) is 26.1. The van der Waals surface area contributed by atoms with E-state index in [4.69, 9.17) is 19.0 Å². The molecule has 186 valence electrons. The molecule has 0 fully saturated rings. The summed E-state index contributed by atoms with van der Waals surface area (Å²) in [7, 11) is 1.27. The summed E-state index contributed by atoms with van der Waals surface area (Å²) in [5.74, 6) is -2.32. The average molecular weight is 491 g/mol. The van der Waals surface area contributed by atoms with Gasteiger partial charge in [-0.25, -0.2) is 14.4 Å². The molecule has 0 bridgehead atoms. The van der Waals surface area contributed by atoms with Crippen molar-refractivity contribution in [1.82, 2.24) is 0 Å². The number of oxime groups is 1. The van der Waals surface area contributed by atoms with Crippen molar-refractivity contribution >= 4 is 24.1 Å². The smallest absolute Gasteiger partial charge is 0.338 e. The van der Waals surface area contributed by atoms with Crippen molar-refractivity contribution in [1.29, 1.82) is 0 Å². The Morgan fingerprint density at radius 1 is 0.722 bits per heavy atom. The largest absolute Gasteiger partial charge is 0.452 e. The molecule has 0 spiro atoms. The van der Waals surface area contributed by atoms with Gasteiger partial charge in [0.05, 0.1) is 29.5 Å². The number of rotatable bonds is 11. The van der Waals surface area contributed by atoms with Crippen LogP contribution < -0.4 is 0 Å². The normalized spacial score (nSPS) is 13.3. The van der Waals surface area contributed by atoms with Crippen molar-refractivity contribution in [2.75, 3.05) is 13.7 Å². The monoisotopic (exact) mass is 491 g/mol. The predicted octanol–water partition coefficient (Wildman–Crippen LogP) is 3.29. The molecule has 9 nitrogen and oxygen atoms in total. The topological polar surface area (TPSA) is 121 Å². The molecule has 0 saturated heterocycles. The molecule has 3 aromatic carbocycles. The average Bonchev–Trinajstić information content (AvgIpc) is 2.94. The Balaban J connectivity index is 1.93. The predicted molar refractivity (Wildman–Crippen MR) is 130 cm³/mol. The van der Waals surface area contributed by atoms with E-state index in [-0.39, 0.29) is 16.7 Å². The van der Waals surface area contributed by atoms with Gasteiger partial charge in [0.25, 0.3) is 0 Å². The summed E-state index contributed by atoms with van der Waals surface area (Å²) >= 11 is 0. The SMILES string of the molecule is CO/N=C/[C@H](OC(=O)c1ccccc1)[C@@H](OC(=O)c1ccccc1)[C@@H](CO)OC(=O)c1ccccc1. The Hall–Kier alpha value is -4.50. The third-order valence-electron chi connectivity index (χ3n) is 4.96. The zero-order chi connectivity index (χ0) is 25.8. The summed E-state index contributed by atoms with van der Waals surface area (Å²) in [5.41, 5.74) is 0.640. The molecule has 0 radical (unpaired) electrons. The second kappa shape index (κ2) is 13.4. The van der Waals surface area contributed by atoms with E-state index in [1.165, 1.54) is 43.5 Å². The van der Waals surface area contributed by atoms with E-state index in [0.29, 0.717) is 0 Å². The van der Waals surface area contributed by atoms with Gasteiger partial charge >= 0.3 is 17.9 Å². The van der Waals surface area contributed by atoms with E-state index in [9.17, 15) is 19.5 Å². The molecule has 3 atom stereocenters. The van der Waals surface area contributed by atoms with Crippen LogP contribution in [0.3, 0.4) is 0 Å². The Bertz CT molecular complexity index is 1150. The number of nitrogens with zero attached hydrogens (tertiary/aromatic N) is 1. The molecule has 0 saturated carbocycles. The molecule has 36 heavy (non-hydrogen) atoms. The molecule has 0 aliphatic carbocycles. The Kier molecular flexibility index (Phi) is 9.72.